The van der Waals surface area contributed by atoms with E-state index in [4.69, 9.17) is 10.5 Å². The summed E-state index contributed by atoms with van der Waals surface area (Å²) in [6, 6.07) is 17.8. The average Bonchev–Trinajstić information content (AvgIpc) is 3.11. The number of aliphatic carboxylic acids is 1. The largest absolute Gasteiger partial charge is 0.481 e. The van der Waals surface area contributed by atoms with Gasteiger partial charge in [0, 0.05) is 5.92 Å². The van der Waals surface area contributed by atoms with Gasteiger partial charge in [-0.05, 0) is 33.9 Å². The molecule has 0 radical (unpaired) electrons. The highest BCUT2D eigenvalue weighted by Crippen LogP contribution is 2.44. The fourth-order valence-electron chi connectivity index (χ4n) is 4.32. The van der Waals surface area contributed by atoms with Gasteiger partial charge in [-0.3, -0.25) is 9.59 Å². The van der Waals surface area contributed by atoms with Crippen LogP contribution in [0, 0.1) is 5.92 Å². The first-order valence-corrected chi connectivity index (χ1v) is 10.2. The Bertz CT molecular complexity index is 1160. The Morgan fingerprint density at radius 3 is 1.97 bits per heavy atom. The van der Waals surface area contributed by atoms with E-state index < -0.39 is 41.2 Å². The molecular weight excluding hydrogens is 435 g/mol. The second-order valence-electron chi connectivity index (χ2n) is 7.78. The van der Waals surface area contributed by atoms with E-state index in [1.165, 1.54) is 12.1 Å². The van der Waals surface area contributed by atoms with Crippen molar-refractivity contribution in [3.05, 3.63) is 95.1 Å². The number of hydrogen-bond donors (Lipinski definition) is 2. The van der Waals surface area contributed by atoms with Crippen LogP contribution in [-0.4, -0.2) is 23.7 Å². The van der Waals surface area contributed by atoms with E-state index >= 15 is 0 Å². The Hall–Kier alpha value is -3.65. The van der Waals surface area contributed by atoms with Crippen molar-refractivity contribution in [3.63, 3.8) is 0 Å². The van der Waals surface area contributed by atoms with E-state index in [0.29, 0.717) is 0 Å². The Labute approximate surface area is 187 Å². The number of carboxylic acids is 1. The molecule has 0 aromatic heterocycles. The molecular formula is C25H20F3NO4. The first-order valence-electron chi connectivity index (χ1n) is 10.2. The summed E-state index contributed by atoms with van der Waals surface area (Å²) in [4.78, 5) is 24.6. The Kier molecular flexibility index (Phi) is 5.95. The molecule has 1 unspecified atom stereocenters. The lowest BCUT2D eigenvalue weighted by atomic mass is 9.90. The van der Waals surface area contributed by atoms with Gasteiger partial charge in [0.1, 0.15) is 6.61 Å². The number of hydrogen-bond acceptors (Lipinski definition) is 4. The quantitative estimate of drug-likeness (QED) is 0.413. The number of halogens is 3. The Balaban J connectivity index is 1.58. The number of carbonyl (C=O) groups is 2. The normalized spacial score (nSPS) is 14.8. The molecule has 170 valence electrons. The number of fused-ring (bicyclic) bond motifs is 3. The molecule has 0 saturated heterocycles. The fraction of sp³-hybridized carbons (Fsp3) is 0.200. The number of carbonyl (C=O) groups excluding carboxylic acids is 1. The third-order valence-electron chi connectivity index (χ3n) is 5.86. The maximum atomic E-state index is 13.4. The van der Waals surface area contributed by atoms with Crippen LogP contribution < -0.4 is 5.73 Å². The average molecular weight is 455 g/mol. The predicted molar refractivity (Wildman–Crippen MR) is 114 cm³/mol. The maximum Gasteiger partial charge on any atom is 0.416 e. The van der Waals surface area contributed by atoms with Gasteiger partial charge in [-0.2, -0.15) is 13.2 Å². The predicted octanol–water partition coefficient (Wildman–Crippen LogP) is 4.76. The number of nitrogens with two attached hydrogens (primary N) is 1. The molecule has 0 fully saturated rings. The van der Waals surface area contributed by atoms with Gasteiger partial charge in [0.05, 0.1) is 11.6 Å². The molecule has 3 N–H and O–H groups in total. The highest BCUT2D eigenvalue weighted by Gasteiger charge is 2.41. The highest BCUT2D eigenvalue weighted by atomic mass is 19.4. The van der Waals surface area contributed by atoms with Crippen molar-refractivity contribution in [2.24, 2.45) is 11.7 Å². The molecule has 4 rings (SSSR count). The SMILES string of the molecule is NC(c1ccccc1C(F)(F)F)[C@@H](C(=O)O)C(=O)OCC1c2ccccc2-c2ccccc21. The van der Waals surface area contributed by atoms with Crippen LogP contribution in [0.15, 0.2) is 72.8 Å². The third kappa shape index (κ3) is 4.21. The summed E-state index contributed by atoms with van der Waals surface area (Å²) < 4.78 is 45.5. The van der Waals surface area contributed by atoms with Crippen molar-refractivity contribution in [1.29, 1.82) is 0 Å². The molecule has 3 aromatic rings. The fourth-order valence-corrected chi connectivity index (χ4v) is 4.32. The summed E-state index contributed by atoms with van der Waals surface area (Å²) in [7, 11) is 0. The lowest BCUT2D eigenvalue weighted by Crippen LogP contribution is -2.37. The zero-order valence-corrected chi connectivity index (χ0v) is 17.3. The van der Waals surface area contributed by atoms with E-state index in [1.807, 2.05) is 48.5 Å². The minimum absolute atomic E-state index is 0.162. The summed E-state index contributed by atoms with van der Waals surface area (Å²) in [6.07, 6.45) is -4.75. The summed E-state index contributed by atoms with van der Waals surface area (Å²) in [6.45, 7) is -0.162. The van der Waals surface area contributed by atoms with Gasteiger partial charge in [0.15, 0.2) is 5.92 Å². The second kappa shape index (κ2) is 8.71. The van der Waals surface area contributed by atoms with E-state index in [9.17, 15) is 27.9 Å². The Morgan fingerprint density at radius 1 is 0.909 bits per heavy atom. The van der Waals surface area contributed by atoms with Crippen LogP contribution in [-0.2, 0) is 20.5 Å². The molecule has 3 aromatic carbocycles. The van der Waals surface area contributed by atoms with Crippen LogP contribution in [0.1, 0.15) is 34.2 Å². The molecule has 5 nitrogen and oxygen atoms in total. The highest BCUT2D eigenvalue weighted by molar-refractivity contribution is 5.95. The topological polar surface area (TPSA) is 89.6 Å². The number of esters is 1. The van der Waals surface area contributed by atoms with Gasteiger partial charge in [-0.25, -0.2) is 0 Å². The van der Waals surface area contributed by atoms with E-state index in [2.05, 4.69) is 0 Å². The van der Waals surface area contributed by atoms with Gasteiger partial charge >= 0.3 is 18.1 Å². The van der Waals surface area contributed by atoms with Crippen molar-refractivity contribution >= 4 is 11.9 Å². The molecule has 0 amide bonds. The molecule has 0 aliphatic heterocycles. The maximum absolute atomic E-state index is 13.4. The molecule has 1 aliphatic rings. The lowest BCUT2D eigenvalue weighted by molar-refractivity contribution is -0.160. The van der Waals surface area contributed by atoms with E-state index in [0.717, 1.165) is 34.4 Å². The molecule has 1 aliphatic carbocycles. The van der Waals surface area contributed by atoms with Crippen LogP contribution in [0.5, 0.6) is 0 Å². The van der Waals surface area contributed by atoms with Gasteiger partial charge in [0.2, 0.25) is 0 Å². The molecule has 8 heteroatoms. The molecule has 0 spiro atoms. The van der Waals surface area contributed by atoms with Gasteiger partial charge < -0.3 is 15.6 Å². The number of benzene rings is 3. The van der Waals surface area contributed by atoms with Gasteiger partial charge in [-0.1, -0.05) is 66.7 Å². The molecule has 33 heavy (non-hydrogen) atoms. The van der Waals surface area contributed by atoms with E-state index in [1.54, 1.807) is 0 Å². The third-order valence-corrected chi connectivity index (χ3v) is 5.86. The number of carboxylic acid groups (broad SMARTS) is 1. The smallest absolute Gasteiger partial charge is 0.416 e. The van der Waals surface area contributed by atoms with Crippen molar-refractivity contribution in [2.45, 2.75) is 18.1 Å². The first kappa shape index (κ1) is 22.5. The molecule has 0 saturated carbocycles. The summed E-state index contributed by atoms with van der Waals surface area (Å²) >= 11 is 0. The van der Waals surface area contributed by atoms with Crippen molar-refractivity contribution < 1.29 is 32.6 Å². The number of alkyl halides is 3. The number of ether oxygens (including phenoxy) is 1. The first-order chi connectivity index (χ1) is 15.7. The molecule has 0 heterocycles. The summed E-state index contributed by atoms with van der Waals surface area (Å²) in [5.41, 5.74) is 8.14. The van der Waals surface area contributed by atoms with Crippen LogP contribution in [0.3, 0.4) is 0 Å². The second-order valence-corrected chi connectivity index (χ2v) is 7.78. The van der Waals surface area contributed by atoms with Crippen molar-refractivity contribution in [1.82, 2.24) is 0 Å². The molecule has 2 atom stereocenters. The molecule has 0 bridgehead atoms. The van der Waals surface area contributed by atoms with Crippen LogP contribution >= 0.6 is 0 Å². The Morgan fingerprint density at radius 2 is 1.42 bits per heavy atom. The zero-order valence-electron chi connectivity index (χ0n) is 17.3. The summed E-state index contributed by atoms with van der Waals surface area (Å²) in [5.74, 6) is -5.17. The van der Waals surface area contributed by atoms with Gasteiger partial charge in [0.25, 0.3) is 0 Å². The van der Waals surface area contributed by atoms with E-state index in [-0.39, 0.29) is 12.5 Å². The minimum atomic E-state index is -4.75. The van der Waals surface area contributed by atoms with Crippen LogP contribution in [0.25, 0.3) is 11.1 Å². The standard InChI is InChI=1S/C25H20F3NO4/c26-25(27,28)20-12-6-5-11-18(20)22(29)21(23(30)31)24(32)33-13-19-16-9-3-1-7-14(16)15-8-2-4-10-17(15)19/h1-12,19,21-22H,13,29H2,(H,30,31)/t21-,22?/m0/s1. The monoisotopic (exact) mass is 455 g/mol. The summed E-state index contributed by atoms with van der Waals surface area (Å²) in [5, 5.41) is 9.61. The van der Waals surface area contributed by atoms with Crippen molar-refractivity contribution in [3.8, 4) is 11.1 Å². The zero-order chi connectivity index (χ0) is 23.8. The lowest BCUT2D eigenvalue weighted by Gasteiger charge is -2.23. The van der Waals surface area contributed by atoms with Crippen LogP contribution in [0.2, 0.25) is 0 Å². The van der Waals surface area contributed by atoms with Gasteiger partial charge in [-0.15, -0.1) is 0 Å². The van der Waals surface area contributed by atoms with Crippen molar-refractivity contribution in [2.75, 3.05) is 6.61 Å². The number of rotatable bonds is 6. The van der Waals surface area contributed by atoms with Crippen LogP contribution in [0.4, 0.5) is 13.2 Å². The minimum Gasteiger partial charge on any atom is -0.481 e.